The van der Waals surface area contributed by atoms with Crippen LogP contribution in [-0.4, -0.2) is 66.3 Å². The van der Waals surface area contributed by atoms with Gasteiger partial charge in [-0.15, -0.1) is 0 Å². The van der Waals surface area contributed by atoms with Gasteiger partial charge >= 0.3 is 53.6 Å². The Morgan fingerprint density at radius 3 is 1.03 bits per heavy atom. The van der Waals surface area contributed by atoms with Gasteiger partial charge in [-0.3, -0.25) is 0 Å². The van der Waals surface area contributed by atoms with Crippen LogP contribution >= 0.6 is 0 Å². The minimum Gasteiger partial charge on any atom is -0.373 e. The maximum Gasteiger partial charge on any atom is 0.438 e. The lowest BCUT2D eigenvalue weighted by Crippen LogP contribution is -2.77. The molecule has 0 aliphatic carbocycles. The van der Waals surface area contributed by atoms with Crippen molar-refractivity contribution in [2.45, 2.75) is 66.1 Å². The molecule has 0 radical (unpaired) electrons. The van der Waals surface area contributed by atoms with Gasteiger partial charge in [0, 0.05) is 6.42 Å². The maximum atomic E-state index is 13.4. The molecule has 1 saturated heterocycles. The van der Waals surface area contributed by atoms with Gasteiger partial charge in [-0.05, 0) is 0 Å². The second kappa shape index (κ2) is 7.07. The fraction of sp³-hybridized carbons (Fsp3) is 1.00. The lowest BCUT2D eigenvalue weighted by atomic mass is 9.83. The summed E-state index contributed by atoms with van der Waals surface area (Å²) in [6, 6.07) is 0. The van der Waals surface area contributed by atoms with Gasteiger partial charge in [-0.2, -0.15) is 79.0 Å². The zero-order valence-corrected chi connectivity index (χ0v) is 14.1. The Kier molecular flexibility index (Phi) is 6.33. The zero-order chi connectivity index (χ0) is 26.2. The van der Waals surface area contributed by atoms with Crippen LogP contribution < -0.4 is 0 Å². The topological polar surface area (TPSA) is 12.5 Å². The molecule has 192 valence electrons. The highest BCUT2D eigenvalue weighted by Crippen LogP contribution is 2.66. The van der Waals surface area contributed by atoms with Crippen molar-refractivity contribution in [1.29, 1.82) is 0 Å². The van der Waals surface area contributed by atoms with Crippen LogP contribution in [0.5, 0.6) is 0 Å². The normalized spacial score (nSPS) is 20.5. The first-order chi connectivity index (χ1) is 13.6. The van der Waals surface area contributed by atoms with Gasteiger partial charge in [0.15, 0.2) is 0 Å². The molecule has 20 heteroatoms. The van der Waals surface area contributed by atoms with E-state index in [1.807, 2.05) is 0 Å². The van der Waals surface area contributed by atoms with E-state index in [1.165, 1.54) is 0 Å². The van der Waals surface area contributed by atoms with Crippen molar-refractivity contribution in [2.75, 3.05) is 6.61 Å². The van der Waals surface area contributed by atoms with E-state index in [9.17, 15) is 83.4 Å². The highest BCUT2D eigenvalue weighted by Gasteiger charge is 2.98. The Labute approximate surface area is 162 Å². The van der Waals surface area contributed by atoms with Crippen molar-refractivity contribution in [2.24, 2.45) is 0 Å². The van der Waals surface area contributed by atoms with E-state index in [2.05, 4.69) is 4.74 Å². The molecule has 0 aromatic rings. The fourth-order valence-electron chi connectivity index (χ4n) is 2.15. The van der Waals surface area contributed by atoms with Gasteiger partial charge in [0.2, 0.25) is 0 Å². The summed E-state index contributed by atoms with van der Waals surface area (Å²) in [5, 5.41) is 0. The van der Waals surface area contributed by atoms with Gasteiger partial charge in [0.1, 0.15) is 0 Å². The van der Waals surface area contributed by atoms with Crippen LogP contribution in [0.4, 0.5) is 83.4 Å². The molecular weight excluding hydrogens is 521 g/mol. The maximum absolute atomic E-state index is 13.4. The van der Waals surface area contributed by atoms with Crippen LogP contribution in [0.1, 0.15) is 6.42 Å². The monoisotopic (exact) mass is 526 g/mol. The summed E-state index contributed by atoms with van der Waals surface area (Å²) < 4.78 is 251. The van der Waals surface area contributed by atoms with Gasteiger partial charge < -0.3 is 4.74 Å². The molecule has 1 atom stereocenters. The SMILES string of the molecule is FC(F)(F)C(F)(C(F)(F)F)C(F)(F)C(F)(F)C(F)(F)C(F)(F)C(F)(F)C(F)(F)C[C@@H]1CO1. The van der Waals surface area contributed by atoms with E-state index in [1.54, 1.807) is 0 Å². The molecule has 1 aliphatic rings. The molecule has 1 heterocycles. The van der Waals surface area contributed by atoms with Crippen molar-refractivity contribution < 1.29 is 88.2 Å². The molecule has 1 nitrogen and oxygen atoms in total. The molecule has 0 aromatic carbocycles. The number of ether oxygens (including phenoxy) is 1. The predicted octanol–water partition coefficient (Wildman–Crippen LogP) is 6.42. The van der Waals surface area contributed by atoms with Gasteiger partial charge in [0.05, 0.1) is 12.7 Å². The van der Waals surface area contributed by atoms with Crippen LogP contribution in [0.3, 0.4) is 0 Å². The summed E-state index contributed by atoms with van der Waals surface area (Å²) in [7, 11) is 0. The number of hydrogen-bond donors (Lipinski definition) is 0. The third-order valence-electron chi connectivity index (χ3n) is 4.14. The highest BCUT2D eigenvalue weighted by atomic mass is 19.4. The van der Waals surface area contributed by atoms with E-state index in [-0.39, 0.29) is 0 Å². The number of halogens is 19. The molecule has 0 saturated carbocycles. The second-order valence-corrected chi connectivity index (χ2v) is 6.39. The van der Waals surface area contributed by atoms with Crippen molar-refractivity contribution in [3.63, 3.8) is 0 Å². The molecule has 32 heavy (non-hydrogen) atoms. The standard InChI is InChI=1S/C12H5F19O/c13-4(14,1-3-2-32-3)6(16,17)8(20,21)10(24,25)9(22,23)7(18,19)5(15,11(26,27)28)12(29,30)31/h3H,1-2H2/t3-/m1/s1. The third kappa shape index (κ3) is 3.54. The molecule has 1 rings (SSSR count). The lowest BCUT2D eigenvalue weighted by Gasteiger charge is -2.45. The van der Waals surface area contributed by atoms with Crippen LogP contribution in [0.25, 0.3) is 0 Å². The lowest BCUT2D eigenvalue weighted by molar-refractivity contribution is -0.472. The minimum atomic E-state index is -8.98. The summed E-state index contributed by atoms with van der Waals surface area (Å²) in [4.78, 5) is 0. The average Bonchev–Trinajstić information content (AvgIpc) is 3.33. The quantitative estimate of drug-likeness (QED) is 0.263. The summed E-state index contributed by atoms with van der Waals surface area (Å²) in [5.41, 5.74) is -8.71. The van der Waals surface area contributed by atoms with E-state index < -0.39 is 72.7 Å². The first kappa shape index (κ1) is 28.7. The van der Waals surface area contributed by atoms with Crippen molar-refractivity contribution in [3.8, 4) is 0 Å². The Morgan fingerprint density at radius 2 is 0.750 bits per heavy atom. The number of hydrogen-bond acceptors (Lipinski definition) is 1. The summed E-state index contributed by atoms with van der Waals surface area (Å²) in [5.74, 6) is -49.5. The number of alkyl halides is 19. The Hall–Kier alpha value is -1.37. The van der Waals surface area contributed by atoms with Crippen molar-refractivity contribution in [3.05, 3.63) is 0 Å². The predicted molar refractivity (Wildman–Crippen MR) is 60.0 cm³/mol. The Morgan fingerprint density at radius 1 is 0.469 bits per heavy atom. The van der Waals surface area contributed by atoms with Crippen LogP contribution in [-0.2, 0) is 4.74 Å². The van der Waals surface area contributed by atoms with Gasteiger partial charge in [0.25, 0.3) is 0 Å². The van der Waals surface area contributed by atoms with E-state index in [4.69, 9.17) is 0 Å². The number of epoxide rings is 1. The molecule has 0 bridgehead atoms. The van der Waals surface area contributed by atoms with Crippen LogP contribution in [0.2, 0.25) is 0 Å². The van der Waals surface area contributed by atoms with E-state index in [0.29, 0.717) is 0 Å². The molecule has 1 fully saturated rings. The first-order valence-corrected chi connectivity index (χ1v) is 7.29. The fourth-order valence-corrected chi connectivity index (χ4v) is 2.15. The third-order valence-corrected chi connectivity index (χ3v) is 4.14. The average molecular weight is 526 g/mol. The highest BCUT2D eigenvalue weighted by molar-refractivity contribution is 5.19. The molecular formula is C12H5F19O. The van der Waals surface area contributed by atoms with E-state index >= 15 is 0 Å². The smallest absolute Gasteiger partial charge is 0.373 e. The number of rotatable bonds is 8. The largest absolute Gasteiger partial charge is 0.438 e. The summed E-state index contributed by atoms with van der Waals surface area (Å²) in [6.07, 6.45) is -21.2. The van der Waals surface area contributed by atoms with Gasteiger partial charge in [-0.25, -0.2) is 4.39 Å². The molecule has 1 aliphatic heterocycles. The summed E-state index contributed by atoms with van der Waals surface area (Å²) >= 11 is 0. The van der Waals surface area contributed by atoms with Crippen molar-refractivity contribution >= 4 is 0 Å². The molecule has 0 aromatic heterocycles. The van der Waals surface area contributed by atoms with Crippen LogP contribution in [0.15, 0.2) is 0 Å². The van der Waals surface area contributed by atoms with Crippen molar-refractivity contribution in [1.82, 2.24) is 0 Å². The van der Waals surface area contributed by atoms with Crippen LogP contribution in [0, 0.1) is 0 Å². The summed E-state index contributed by atoms with van der Waals surface area (Å²) in [6.45, 7) is -0.872. The van der Waals surface area contributed by atoms with Gasteiger partial charge in [-0.1, -0.05) is 0 Å². The van der Waals surface area contributed by atoms with E-state index in [0.717, 1.165) is 0 Å². The zero-order valence-electron chi connectivity index (χ0n) is 14.1. The molecule has 0 spiro atoms. The Bertz CT molecular complexity index is 682. The molecule has 0 N–H and O–H groups in total. The first-order valence-electron chi connectivity index (χ1n) is 7.29. The molecule has 0 amide bonds. The second-order valence-electron chi connectivity index (χ2n) is 6.39. The Balaban J connectivity index is 3.71. The minimum absolute atomic E-state index is 0.872. The molecule has 0 unspecified atom stereocenters.